The molecule has 0 unspecified atom stereocenters. The van der Waals surface area contributed by atoms with Crippen molar-refractivity contribution >= 4 is 5.91 Å². The van der Waals surface area contributed by atoms with E-state index in [9.17, 15) is 4.79 Å². The first-order valence-corrected chi connectivity index (χ1v) is 6.13. The van der Waals surface area contributed by atoms with Gasteiger partial charge < -0.3 is 15.0 Å². The van der Waals surface area contributed by atoms with Crippen LogP contribution in [0.25, 0.3) is 0 Å². The molecule has 0 aromatic heterocycles. The summed E-state index contributed by atoms with van der Waals surface area (Å²) in [6.45, 7) is 9.64. The predicted octanol–water partition coefficient (Wildman–Crippen LogP) is 0.622. The number of nitrogens with one attached hydrogen (secondary N) is 1. The maximum Gasteiger partial charge on any atom is 0.242 e. The minimum Gasteiger partial charge on any atom is -0.375 e. The third-order valence-electron chi connectivity index (χ3n) is 3.57. The van der Waals surface area contributed by atoms with Crippen LogP contribution in [0.2, 0.25) is 0 Å². The topological polar surface area (TPSA) is 41.6 Å². The Balaban J connectivity index is 1.97. The first-order valence-electron chi connectivity index (χ1n) is 6.13. The Morgan fingerprint density at radius 2 is 2.25 bits per heavy atom. The fourth-order valence-electron chi connectivity index (χ4n) is 2.51. The van der Waals surface area contributed by atoms with Crippen LogP contribution in [-0.2, 0) is 9.53 Å². The summed E-state index contributed by atoms with van der Waals surface area (Å²) in [6, 6.07) is -0.150. The first-order chi connectivity index (χ1) is 7.49. The molecule has 2 atom stereocenters. The number of likely N-dealkylation sites (tertiary alicyclic amines) is 1. The molecule has 92 valence electrons. The molecule has 2 fully saturated rings. The van der Waals surface area contributed by atoms with Crippen LogP contribution in [0.4, 0.5) is 0 Å². The van der Waals surface area contributed by atoms with E-state index in [-0.39, 0.29) is 23.5 Å². The van der Waals surface area contributed by atoms with Crippen molar-refractivity contribution in [1.29, 1.82) is 0 Å². The largest absolute Gasteiger partial charge is 0.375 e. The van der Waals surface area contributed by atoms with Gasteiger partial charge >= 0.3 is 0 Å². The molecule has 0 aliphatic carbocycles. The van der Waals surface area contributed by atoms with Crippen molar-refractivity contribution in [3.8, 4) is 0 Å². The zero-order chi connectivity index (χ0) is 11.8. The minimum absolute atomic E-state index is 0.00929. The van der Waals surface area contributed by atoms with Gasteiger partial charge in [-0.2, -0.15) is 0 Å². The van der Waals surface area contributed by atoms with Crippen LogP contribution in [0.1, 0.15) is 27.2 Å². The van der Waals surface area contributed by atoms with E-state index in [0.29, 0.717) is 6.61 Å². The van der Waals surface area contributed by atoms with Crippen LogP contribution in [0.15, 0.2) is 0 Å². The summed E-state index contributed by atoms with van der Waals surface area (Å²) < 4.78 is 5.51. The summed E-state index contributed by atoms with van der Waals surface area (Å²) in [4.78, 5) is 14.3. The SMILES string of the molecule is C[C@H]1OCCN[C@@H]1C(=O)N1CCC(C)(C)C1. The Morgan fingerprint density at radius 1 is 1.50 bits per heavy atom. The van der Waals surface area contributed by atoms with Gasteiger partial charge in [0.1, 0.15) is 6.04 Å². The normalized spacial score (nSPS) is 34.1. The number of hydrogen-bond donors (Lipinski definition) is 1. The maximum atomic E-state index is 12.3. The predicted molar refractivity (Wildman–Crippen MR) is 62.2 cm³/mol. The van der Waals surface area contributed by atoms with Crippen LogP contribution in [0.3, 0.4) is 0 Å². The maximum absolute atomic E-state index is 12.3. The van der Waals surface area contributed by atoms with E-state index in [1.807, 2.05) is 11.8 Å². The Kier molecular flexibility index (Phi) is 3.22. The third-order valence-corrected chi connectivity index (χ3v) is 3.57. The fraction of sp³-hybridized carbons (Fsp3) is 0.917. The number of rotatable bonds is 1. The lowest BCUT2D eigenvalue weighted by Crippen LogP contribution is -2.56. The van der Waals surface area contributed by atoms with Gasteiger partial charge in [0.05, 0.1) is 12.7 Å². The minimum atomic E-state index is -0.150. The molecule has 4 nitrogen and oxygen atoms in total. The molecule has 2 rings (SSSR count). The second-order valence-corrected chi connectivity index (χ2v) is 5.68. The van der Waals surface area contributed by atoms with Crippen molar-refractivity contribution in [2.45, 2.75) is 39.3 Å². The zero-order valence-corrected chi connectivity index (χ0v) is 10.5. The van der Waals surface area contributed by atoms with Crippen molar-refractivity contribution in [1.82, 2.24) is 10.2 Å². The second kappa shape index (κ2) is 4.34. The molecule has 0 saturated carbocycles. The van der Waals surface area contributed by atoms with E-state index in [1.54, 1.807) is 0 Å². The van der Waals surface area contributed by atoms with Crippen molar-refractivity contribution in [2.75, 3.05) is 26.2 Å². The quantitative estimate of drug-likeness (QED) is 0.713. The van der Waals surface area contributed by atoms with E-state index < -0.39 is 0 Å². The van der Waals surface area contributed by atoms with Gasteiger partial charge in [-0.05, 0) is 18.8 Å². The highest BCUT2D eigenvalue weighted by Gasteiger charge is 2.37. The summed E-state index contributed by atoms with van der Waals surface area (Å²) in [7, 11) is 0. The Morgan fingerprint density at radius 3 is 2.81 bits per heavy atom. The highest BCUT2D eigenvalue weighted by atomic mass is 16.5. The van der Waals surface area contributed by atoms with E-state index in [2.05, 4.69) is 19.2 Å². The summed E-state index contributed by atoms with van der Waals surface area (Å²) in [5.74, 6) is 0.206. The molecule has 4 heteroatoms. The number of carbonyl (C=O) groups is 1. The van der Waals surface area contributed by atoms with E-state index in [1.165, 1.54) is 0 Å². The third kappa shape index (κ3) is 2.38. The van der Waals surface area contributed by atoms with Gasteiger partial charge in [-0.25, -0.2) is 0 Å². The van der Waals surface area contributed by atoms with Crippen LogP contribution >= 0.6 is 0 Å². The van der Waals surface area contributed by atoms with E-state index in [0.717, 1.165) is 26.1 Å². The average molecular weight is 226 g/mol. The summed E-state index contributed by atoms with van der Waals surface area (Å²) in [5, 5.41) is 3.26. The molecular formula is C12H22N2O2. The standard InChI is InChI=1S/C12H22N2O2/c1-9-10(13-5-7-16-9)11(15)14-6-4-12(2,3)8-14/h9-10,13H,4-8H2,1-3H3/t9-,10+/m1/s1. The summed E-state index contributed by atoms with van der Waals surface area (Å²) in [5.41, 5.74) is 0.272. The summed E-state index contributed by atoms with van der Waals surface area (Å²) in [6.07, 6.45) is 1.09. The van der Waals surface area contributed by atoms with Crippen LogP contribution < -0.4 is 5.32 Å². The van der Waals surface area contributed by atoms with Gasteiger partial charge in [0.2, 0.25) is 5.91 Å². The molecule has 2 saturated heterocycles. The van der Waals surface area contributed by atoms with Gasteiger partial charge in [0.25, 0.3) is 0 Å². The molecule has 0 spiro atoms. The lowest BCUT2D eigenvalue weighted by atomic mass is 9.93. The van der Waals surface area contributed by atoms with Crippen LogP contribution in [-0.4, -0.2) is 49.2 Å². The monoisotopic (exact) mass is 226 g/mol. The number of hydrogen-bond acceptors (Lipinski definition) is 3. The lowest BCUT2D eigenvalue weighted by molar-refractivity contribution is -0.138. The Bertz CT molecular complexity index is 278. The number of carbonyl (C=O) groups excluding carboxylic acids is 1. The van der Waals surface area contributed by atoms with Gasteiger partial charge in [0, 0.05) is 19.6 Å². The molecule has 2 aliphatic heterocycles. The highest BCUT2D eigenvalue weighted by molar-refractivity contribution is 5.83. The number of amides is 1. The second-order valence-electron chi connectivity index (χ2n) is 5.68. The van der Waals surface area contributed by atoms with Crippen LogP contribution in [0, 0.1) is 5.41 Å². The summed E-state index contributed by atoms with van der Waals surface area (Å²) >= 11 is 0. The van der Waals surface area contributed by atoms with Crippen molar-refractivity contribution in [3.05, 3.63) is 0 Å². The van der Waals surface area contributed by atoms with Gasteiger partial charge in [-0.3, -0.25) is 4.79 Å². The molecular weight excluding hydrogens is 204 g/mol. The van der Waals surface area contributed by atoms with Gasteiger partial charge in [0.15, 0.2) is 0 Å². The Hall–Kier alpha value is -0.610. The molecule has 0 aromatic rings. The van der Waals surface area contributed by atoms with E-state index in [4.69, 9.17) is 4.74 Å². The van der Waals surface area contributed by atoms with Crippen molar-refractivity contribution in [2.24, 2.45) is 5.41 Å². The van der Waals surface area contributed by atoms with Crippen LogP contribution in [0.5, 0.6) is 0 Å². The van der Waals surface area contributed by atoms with Crippen molar-refractivity contribution in [3.63, 3.8) is 0 Å². The van der Waals surface area contributed by atoms with Gasteiger partial charge in [-0.15, -0.1) is 0 Å². The highest BCUT2D eigenvalue weighted by Crippen LogP contribution is 2.29. The molecule has 2 heterocycles. The van der Waals surface area contributed by atoms with Gasteiger partial charge in [-0.1, -0.05) is 13.8 Å². The average Bonchev–Trinajstić information content (AvgIpc) is 2.59. The van der Waals surface area contributed by atoms with E-state index >= 15 is 0 Å². The number of ether oxygens (including phenoxy) is 1. The fourth-order valence-corrected chi connectivity index (χ4v) is 2.51. The van der Waals surface area contributed by atoms with Crippen molar-refractivity contribution < 1.29 is 9.53 Å². The molecule has 1 amide bonds. The molecule has 0 bridgehead atoms. The number of morpholine rings is 1. The smallest absolute Gasteiger partial charge is 0.242 e. The lowest BCUT2D eigenvalue weighted by Gasteiger charge is -2.32. The Labute approximate surface area is 97.3 Å². The molecule has 0 radical (unpaired) electrons. The number of nitrogens with zero attached hydrogens (tertiary/aromatic N) is 1. The molecule has 0 aromatic carbocycles. The molecule has 16 heavy (non-hydrogen) atoms. The molecule has 1 N–H and O–H groups in total. The first kappa shape index (κ1) is 11.9. The molecule has 2 aliphatic rings. The zero-order valence-electron chi connectivity index (χ0n) is 10.5.